The van der Waals surface area contributed by atoms with Crippen LogP contribution in [0.25, 0.3) is 0 Å². The predicted octanol–water partition coefficient (Wildman–Crippen LogP) is 2.56. The molecule has 0 amide bonds. The Morgan fingerprint density at radius 3 is 2.46 bits per heavy atom. The van der Waals surface area contributed by atoms with Gasteiger partial charge in [0.2, 0.25) is 10.0 Å². The summed E-state index contributed by atoms with van der Waals surface area (Å²) in [6.07, 6.45) is 1.50. The molecule has 1 aromatic rings. The van der Waals surface area contributed by atoms with Gasteiger partial charge in [0.05, 0.1) is 24.1 Å². The summed E-state index contributed by atoms with van der Waals surface area (Å²) in [6.45, 7) is 7.97. The lowest BCUT2D eigenvalue weighted by Gasteiger charge is -2.32. The highest BCUT2D eigenvalue weighted by molar-refractivity contribution is 7.92. The number of esters is 1. The van der Waals surface area contributed by atoms with Crippen LogP contribution in [0.3, 0.4) is 0 Å². The van der Waals surface area contributed by atoms with Gasteiger partial charge >= 0.3 is 5.97 Å². The summed E-state index contributed by atoms with van der Waals surface area (Å²) >= 11 is 0. The van der Waals surface area contributed by atoms with E-state index in [1.54, 1.807) is 12.1 Å². The summed E-state index contributed by atoms with van der Waals surface area (Å²) < 4.78 is 31.3. The summed E-state index contributed by atoms with van der Waals surface area (Å²) in [5.41, 5.74) is 2.70. The maximum absolute atomic E-state index is 12.5. The van der Waals surface area contributed by atoms with Crippen LogP contribution in [0, 0.1) is 6.92 Å². The number of hydrogen-bond acceptors (Lipinski definition) is 5. The number of rotatable bonds is 5. The topological polar surface area (TPSA) is 66.9 Å². The lowest BCUT2D eigenvalue weighted by atomic mass is 10.1. The zero-order chi connectivity index (χ0) is 17.9. The van der Waals surface area contributed by atoms with E-state index >= 15 is 0 Å². The number of nitrogens with zero attached hydrogens (tertiary/aromatic N) is 2. The molecule has 1 fully saturated rings. The molecule has 7 heteroatoms. The highest BCUT2D eigenvalue weighted by atomic mass is 32.2. The number of carbonyl (C=O) groups is 1. The number of methoxy groups -OCH3 is 1. The molecule has 1 saturated heterocycles. The molecule has 0 aliphatic carbocycles. The van der Waals surface area contributed by atoms with Crippen molar-refractivity contribution in [3.05, 3.63) is 23.3 Å². The van der Waals surface area contributed by atoms with Crippen molar-refractivity contribution in [1.82, 2.24) is 0 Å². The van der Waals surface area contributed by atoms with Crippen LogP contribution >= 0.6 is 0 Å². The molecular weight excluding hydrogens is 328 g/mol. The molecule has 0 saturated carbocycles. The summed E-state index contributed by atoms with van der Waals surface area (Å²) in [6, 6.07) is 3.42. The molecule has 1 aromatic carbocycles. The molecule has 0 radical (unpaired) electrons. The number of ether oxygens (including phenoxy) is 1. The largest absolute Gasteiger partial charge is 0.465 e. The van der Waals surface area contributed by atoms with Crippen LogP contribution in [-0.2, 0) is 14.8 Å². The normalized spacial score (nSPS) is 16.8. The van der Waals surface area contributed by atoms with Gasteiger partial charge in [-0.1, -0.05) is 0 Å². The van der Waals surface area contributed by atoms with Gasteiger partial charge in [-0.15, -0.1) is 0 Å². The molecule has 134 valence electrons. The fourth-order valence-electron chi connectivity index (χ4n) is 3.13. The Morgan fingerprint density at radius 2 is 1.92 bits per heavy atom. The maximum Gasteiger partial charge on any atom is 0.337 e. The number of anilines is 2. The van der Waals surface area contributed by atoms with Gasteiger partial charge in [0.25, 0.3) is 0 Å². The molecule has 2 rings (SSSR count). The van der Waals surface area contributed by atoms with Gasteiger partial charge in [-0.3, -0.25) is 4.31 Å². The second-order valence-electron chi connectivity index (χ2n) is 5.90. The molecule has 0 spiro atoms. The quantitative estimate of drug-likeness (QED) is 0.760. The van der Waals surface area contributed by atoms with Crippen molar-refractivity contribution in [3.8, 4) is 0 Å². The van der Waals surface area contributed by atoms with Crippen molar-refractivity contribution in [2.75, 3.05) is 41.7 Å². The van der Waals surface area contributed by atoms with Crippen molar-refractivity contribution in [2.45, 2.75) is 33.6 Å². The minimum absolute atomic E-state index is 0.148. The number of carbonyl (C=O) groups excluding carboxylic acids is 1. The van der Waals surface area contributed by atoms with Crippen LogP contribution in [-0.4, -0.2) is 46.9 Å². The Bertz CT molecular complexity index is 712. The Morgan fingerprint density at radius 1 is 1.25 bits per heavy atom. The molecule has 1 aliphatic rings. The average molecular weight is 354 g/mol. The highest BCUT2D eigenvalue weighted by Crippen LogP contribution is 2.34. The predicted molar refractivity (Wildman–Crippen MR) is 96.4 cm³/mol. The first-order valence-electron chi connectivity index (χ1n) is 8.34. The van der Waals surface area contributed by atoms with E-state index in [1.165, 1.54) is 11.4 Å². The lowest BCUT2D eigenvalue weighted by molar-refractivity contribution is 0.0601. The SMILES string of the molecule is CCN(CC)c1cc(C(=O)OC)cc(N2CCCCS2(=O)=O)c1C. The fourth-order valence-corrected chi connectivity index (χ4v) is 4.82. The summed E-state index contributed by atoms with van der Waals surface area (Å²) in [7, 11) is -2.01. The van der Waals surface area contributed by atoms with Crippen LogP contribution in [0.4, 0.5) is 11.4 Å². The van der Waals surface area contributed by atoms with Gasteiger partial charge in [0.15, 0.2) is 0 Å². The monoisotopic (exact) mass is 354 g/mol. The van der Waals surface area contributed by atoms with E-state index in [4.69, 9.17) is 4.74 Å². The minimum atomic E-state index is -3.34. The van der Waals surface area contributed by atoms with Crippen molar-refractivity contribution < 1.29 is 17.9 Å². The van der Waals surface area contributed by atoms with Gasteiger partial charge in [0.1, 0.15) is 0 Å². The molecule has 0 aromatic heterocycles. The van der Waals surface area contributed by atoms with Crippen molar-refractivity contribution >= 4 is 27.4 Å². The van der Waals surface area contributed by atoms with E-state index in [9.17, 15) is 13.2 Å². The summed E-state index contributed by atoms with van der Waals surface area (Å²) in [5.74, 6) is -0.311. The molecule has 1 aliphatic heterocycles. The highest BCUT2D eigenvalue weighted by Gasteiger charge is 2.29. The van der Waals surface area contributed by atoms with Gasteiger partial charge in [0, 0.05) is 25.3 Å². The average Bonchev–Trinajstić information content (AvgIpc) is 2.56. The zero-order valence-corrected chi connectivity index (χ0v) is 15.6. The minimum Gasteiger partial charge on any atom is -0.465 e. The molecule has 6 nitrogen and oxygen atoms in total. The summed E-state index contributed by atoms with van der Waals surface area (Å²) in [5, 5.41) is 0. The molecule has 0 atom stereocenters. The lowest BCUT2D eigenvalue weighted by Crippen LogP contribution is -2.38. The first kappa shape index (κ1) is 18.6. The van der Waals surface area contributed by atoms with Gasteiger partial charge in [-0.25, -0.2) is 13.2 Å². The molecule has 1 heterocycles. The van der Waals surface area contributed by atoms with E-state index in [2.05, 4.69) is 4.90 Å². The van der Waals surface area contributed by atoms with Crippen LogP contribution < -0.4 is 9.21 Å². The zero-order valence-electron chi connectivity index (χ0n) is 14.8. The van der Waals surface area contributed by atoms with Gasteiger partial charge in [-0.2, -0.15) is 0 Å². The van der Waals surface area contributed by atoms with E-state index in [0.29, 0.717) is 24.2 Å². The van der Waals surface area contributed by atoms with Crippen molar-refractivity contribution in [2.24, 2.45) is 0 Å². The third-order valence-electron chi connectivity index (χ3n) is 4.50. The molecule has 24 heavy (non-hydrogen) atoms. The summed E-state index contributed by atoms with van der Waals surface area (Å²) in [4.78, 5) is 14.2. The first-order chi connectivity index (χ1) is 11.4. The van der Waals surface area contributed by atoms with Gasteiger partial charge in [-0.05, 0) is 51.3 Å². The fraction of sp³-hybridized carbons (Fsp3) is 0.588. The van der Waals surface area contributed by atoms with E-state index < -0.39 is 16.0 Å². The van der Waals surface area contributed by atoms with E-state index in [1.807, 2.05) is 20.8 Å². The van der Waals surface area contributed by atoms with E-state index in [-0.39, 0.29) is 5.75 Å². The number of hydrogen-bond donors (Lipinski definition) is 0. The molecule has 0 bridgehead atoms. The maximum atomic E-state index is 12.5. The Hall–Kier alpha value is -1.76. The molecule has 0 unspecified atom stereocenters. The van der Waals surface area contributed by atoms with Crippen LogP contribution in [0.15, 0.2) is 12.1 Å². The van der Waals surface area contributed by atoms with Crippen molar-refractivity contribution in [1.29, 1.82) is 0 Å². The Kier molecular flexibility index (Phi) is 5.74. The third-order valence-corrected chi connectivity index (χ3v) is 6.35. The first-order valence-corrected chi connectivity index (χ1v) is 9.95. The third kappa shape index (κ3) is 3.50. The second-order valence-corrected chi connectivity index (χ2v) is 7.91. The van der Waals surface area contributed by atoms with E-state index in [0.717, 1.165) is 30.8 Å². The van der Waals surface area contributed by atoms with Crippen LogP contribution in [0.1, 0.15) is 42.6 Å². The van der Waals surface area contributed by atoms with Crippen LogP contribution in [0.2, 0.25) is 0 Å². The second kappa shape index (κ2) is 7.42. The van der Waals surface area contributed by atoms with Gasteiger partial charge < -0.3 is 9.64 Å². The molecular formula is C17H26N2O4S. The van der Waals surface area contributed by atoms with Crippen LogP contribution in [0.5, 0.6) is 0 Å². The Balaban J connectivity index is 2.65. The number of sulfonamides is 1. The Labute approximate surface area is 144 Å². The standard InChI is InChI=1S/C17H26N2O4S/c1-5-18(6-2)15-11-14(17(20)23-4)12-16(13(15)3)19-9-7-8-10-24(19,21)22/h11-12H,5-10H2,1-4H3. The molecule has 0 N–H and O–H groups in total. The smallest absolute Gasteiger partial charge is 0.337 e. The van der Waals surface area contributed by atoms with Crippen molar-refractivity contribution in [3.63, 3.8) is 0 Å². The number of benzene rings is 1.